The number of nitrogens with one attached hydrogen (secondary N) is 1. The van der Waals surface area contributed by atoms with Crippen LogP contribution in [0.3, 0.4) is 0 Å². The molecule has 1 N–H and O–H groups in total. The minimum atomic E-state index is -4.53. The van der Waals surface area contributed by atoms with Crippen LogP contribution in [0.25, 0.3) is 0 Å². The van der Waals surface area contributed by atoms with E-state index in [0.29, 0.717) is 5.69 Å². The van der Waals surface area contributed by atoms with E-state index in [1.807, 2.05) is 0 Å². The van der Waals surface area contributed by atoms with E-state index in [0.717, 1.165) is 18.2 Å². The highest BCUT2D eigenvalue weighted by Gasteiger charge is 2.31. The van der Waals surface area contributed by atoms with Gasteiger partial charge in [-0.3, -0.25) is 9.48 Å². The monoisotopic (exact) mass is 389 g/mol. The molecule has 0 saturated heterocycles. The molecule has 1 amide bonds. The fourth-order valence-corrected chi connectivity index (χ4v) is 2.40. The molecule has 2 aromatic rings. The Labute approximate surface area is 151 Å². The molecule has 10 heteroatoms. The van der Waals surface area contributed by atoms with Gasteiger partial charge in [-0.15, -0.1) is 0 Å². The number of hydrogen-bond acceptors (Lipinski definition) is 4. The molecule has 0 aliphatic rings. The maximum absolute atomic E-state index is 12.7. The summed E-state index contributed by atoms with van der Waals surface area (Å²) < 4.78 is 44.4. The molecule has 0 aliphatic heterocycles. The number of ether oxygens (including phenoxy) is 1. The van der Waals surface area contributed by atoms with Gasteiger partial charge in [-0.2, -0.15) is 18.3 Å². The number of hydrogen-bond donors (Lipinski definition) is 1. The quantitative estimate of drug-likeness (QED) is 0.811. The highest BCUT2D eigenvalue weighted by Crippen LogP contribution is 2.30. The topological polar surface area (TPSA) is 73.2 Å². The van der Waals surface area contributed by atoms with Crippen molar-refractivity contribution in [2.24, 2.45) is 7.05 Å². The van der Waals surface area contributed by atoms with Crippen LogP contribution in [-0.2, 0) is 22.8 Å². The van der Waals surface area contributed by atoms with Crippen molar-refractivity contribution in [1.29, 1.82) is 0 Å². The smallest absolute Gasteiger partial charge is 0.416 e. The minimum Gasteiger partial charge on any atom is -0.449 e. The number of esters is 1. The SMILES string of the molecule is Cc1nn(C)c(Cl)c1C(=O)OC(C)C(=O)Nc1cccc(C(F)(F)F)c1. The van der Waals surface area contributed by atoms with Crippen LogP contribution in [0.5, 0.6) is 0 Å². The average molecular weight is 390 g/mol. The predicted molar refractivity (Wildman–Crippen MR) is 87.9 cm³/mol. The van der Waals surface area contributed by atoms with E-state index in [-0.39, 0.29) is 16.4 Å². The third-order valence-corrected chi connectivity index (χ3v) is 3.90. The van der Waals surface area contributed by atoms with Crippen molar-refractivity contribution in [3.05, 3.63) is 46.2 Å². The van der Waals surface area contributed by atoms with Crippen molar-refractivity contribution in [3.8, 4) is 0 Å². The van der Waals surface area contributed by atoms with Crippen LogP contribution in [0.15, 0.2) is 24.3 Å². The molecule has 6 nitrogen and oxygen atoms in total. The number of carbonyl (C=O) groups excluding carboxylic acids is 2. The summed E-state index contributed by atoms with van der Waals surface area (Å²) in [7, 11) is 1.54. The Morgan fingerprint density at radius 3 is 2.54 bits per heavy atom. The molecule has 0 spiro atoms. The molecule has 140 valence electrons. The van der Waals surface area contributed by atoms with Gasteiger partial charge in [0, 0.05) is 12.7 Å². The number of aryl methyl sites for hydroxylation is 2. The third kappa shape index (κ3) is 4.34. The molecule has 0 fully saturated rings. The molecule has 1 atom stereocenters. The number of nitrogens with zero attached hydrogens (tertiary/aromatic N) is 2. The van der Waals surface area contributed by atoms with Gasteiger partial charge in [-0.1, -0.05) is 17.7 Å². The lowest BCUT2D eigenvalue weighted by atomic mass is 10.2. The van der Waals surface area contributed by atoms with Gasteiger partial charge in [0.1, 0.15) is 10.7 Å². The number of benzene rings is 1. The Bertz CT molecular complexity index is 849. The fourth-order valence-electron chi connectivity index (χ4n) is 2.15. The van der Waals surface area contributed by atoms with Crippen molar-refractivity contribution < 1.29 is 27.5 Å². The average Bonchev–Trinajstić information content (AvgIpc) is 2.79. The fraction of sp³-hybridized carbons (Fsp3) is 0.312. The Morgan fingerprint density at radius 2 is 2.00 bits per heavy atom. The van der Waals surface area contributed by atoms with Gasteiger partial charge in [0.05, 0.1) is 11.3 Å². The standard InChI is InChI=1S/C16H15ClF3N3O3/c1-8-12(13(17)23(3)22-8)15(25)26-9(2)14(24)21-11-6-4-5-10(7-11)16(18,19)20/h4-7,9H,1-3H3,(H,21,24). The Morgan fingerprint density at radius 1 is 1.35 bits per heavy atom. The summed E-state index contributed by atoms with van der Waals surface area (Å²) in [5, 5.41) is 6.29. The molecule has 1 heterocycles. The van der Waals surface area contributed by atoms with Crippen LogP contribution >= 0.6 is 11.6 Å². The number of carbonyl (C=O) groups is 2. The number of rotatable bonds is 4. The van der Waals surface area contributed by atoms with Gasteiger partial charge >= 0.3 is 12.1 Å². The van der Waals surface area contributed by atoms with Crippen molar-refractivity contribution in [2.45, 2.75) is 26.1 Å². The van der Waals surface area contributed by atoms with E-state index >= 15 is 0 Å². The Hall–Kier alpha value is -2.55. The first-order valence-electron chi connectivity index (χ1n) is 7.39. The molecule has 1 aromatic heterocycles. The van der Waals surface area contributed by atoms with Gasteiger partial charge in [0.15, 0.2) is 6.10 Å². The number of aromatic nitrogens is 2. The van der Waals surface area contributed by atoms with Crippen LogP contribution in [-0.4, -0.2) is 27.8 Å². The van der Waals surface area contributed by atoms with Crippen LogP contribution in [0, 0.1) is 6.92 Å². The maximum Gasteiger partial charge on any atom is 0.416 e. The molecular formula is C16H15ClF3N3O3. The third-order valence-electron chi connectivity index (χ3n) is 3.47. The zero-order valence-corrected chi connectivity index (χ0v) is 14.8. The zero-order chi connectivity index (χ0) is 19.6. The number of alkyl halides is 3. The summed E-state index contributed by atoms with van der Waals surface area (Å²) >= 11 is 5.95. The second-order valence-electron chi connectivity index (χ2n) is 5.49. The highest BCUT2D eigenvalue weighted by molar-refractivity contribution is 6.32. The van der Waals surface area contributed by atoms with Gasteiger partial charge in [-0.25, -0.2) is 4.79 Å². The molecule has 0 bridgehead atoms. The Kier molecular flexibility index (Phi) is 5.60. The van der Waals surface area contributed by atoms with Crippen LogP contribution < -0.4 is 5.32 Å². The summed E-state index contributed by atoms with van der Waals surface area (Å²) in [6.07, 6.45) is -5.79. The largest absolute Gasteiger partial charge is 0.449 e. The molecule has 0 saturated carbocycles. The molecule has 2 rings (SSSR count). The summed E-state index contributed by atoms with van der Waals surface area (Å²) in [6.45, 7) is 2.84. The van der Waals surface area contributed by atoms with E-state index in [1.54, 1.807) is 6.92 Å². The van der Waals surface area contributed by atoms with E-state index in [1.165, 1.54) is 24.7 Å². The lowest BCUT2D eigenvalue weighted by Crippen LogP contribution is -2.30. The van der Waals surface area contributed by atoms with Gasteiger partial charge in [-0.05, 0) is 32.0 Å². The lowest BCUT2D eigenvalue weighted by Gasteiger charge is -2.14. The second kappa shape index (κ2) is 7.36. The molecule has 1 aromatic carbocycles. The van der Waals surface area contributed by atoms with E-state index in [4.69, 9.17) is 16.3 Å². The van der Waals surface area contributed by atoms with Crippen molar-refractivity contribution in [2.75, 3.05) is 5.32 Å². The molecule has 0 aliphatic carbocycles. The van der Waals surface area contributed by atoms with E-state index in [9.17, 15) is 22.8 Å². The molecular weight excluding hydrogens is 375 g/mol. The van der Waals surface area contributed by atoms with Crippen LogP contribution in [0.1, 0.15) is 28.5 Å². The first-order chi connectivity index (χ1) is 12.0. The maximum atomic E-state index is 12.7. The van der Waals surface area contributed by atoms with E-state index in [2.05, 4.69) is 10.4 Å². The Balaban J connectivity index is 2.07. The van der Waals surface area contributed by atoms with Crippen LogP contribution in [0.4, 0.5) is 18.9 Å². The summed E-state index contributed by atoms with van der Waals surface area (Å²) in [5.41, 5.74) is -0.623. The van der Waals surface area contributed by atoms with Crippen LogP contribution in [0.2, 0.25) is 5.15 Å². The van der Waals surface area contributed by atoms with E-state index < -0.39 is 29.7 Å². The summed E-state index contributed by atoms with van der Waals surface area (Å²) in [4.78, 5) is 24.3. The zero-order valence-electron chi connectivity index (χ0n) is 14.0. The van der Waals surface area contributed by atoms with Gasteiger partial charge in [0.25, 0.3) is 5.91 Å². The highest BCUT2D eigenvalue weighted by atomic mass is 35.5. The van der Waals surface area contributed by atoms with Gasteiger partial charge < -0.3 is 10.1 Å². The van der Waals surface area contributed by atoms with Crippen molar-refractivity contribution in [1.82, 2.24) is 9.78 Å². The first-order valence-corrected chi connectivity index (χ1v) is 7.76. The number of anilines is 1. The normalized spacial score (nSPS) is 12.6. The predicted octanol–water partition coefficient (Wildman–Crippen LogP) is 3.58. The number of halogens is 4. The summed E-state index contributed by atoms with van der Waals surface area (Å²) in [5.74, 6) is -1.64. The minimum absolute atomic E-state index is 0.0212. The molecule has 26 heavy (non-hydrogen) atoms. The van der Waals surface area contributed by atoms with Gasteiger partial charge in [0.2, 0.25) is 0 Å². The van der Waals surface area contributed by atoms with Crippen molar-refractivity contribution in [3.63, 3.8) is 0 Å². The van der Waals surface area contributed by atoms with Crippen molar-refractivity contribution >= 4 is 29.2 Å². The molecule has 0 radical (unpaired) electrons. The molecule has 1 unspecified atom stereocenters. The summed E-state index contributed by atoms with van der Waals surface area (Å²) in [6, 6.07) is 4.12. The number of amides is 1. The first kappa shape index (κ1) is 19.8. The second-order valence-corrected chi connectivity index (χ2v) is 5.85. The lowest BCUT2D eigenvalue weighted by molar-refractivity contribution is -0.137.